The molecule has 0 spiro atoms. The molecule has 2 heterocycles. The van der Waals surface area contributed by atoms with Crippen molar-refractivity contribution in [2.75, 3.05) is 14.1 Å². The summed E-state index contributed by atoms with van der Waals surface area (Å²) in [7, 11) is 3.14. The van der Waals surface area contributed by atoms with Gasteiger partial charge in [-0.1, -0.05) is 6.08 Å². The molecule has 2 aromatic rings. The highest BCUT2D eigenvalue weighted by Gasteiger charge is 2.44. The summed E-state index contributed by atoms with van der Waals surface area (Å²) in [4.78, 5) is 15.3. The molecule has 0 amide bonds. The molecule has 5 nitrogen and oxygen atoms in total. The molecule has 0 bridgehead atoms. The van der Waals surface area contributed by atoms with Crippen molar-refractivity contribution in [3.8, 4) is 10.6 Å². The number of aryl methyl sites for hydroxylation is 2. The molecule has 0 saturated carbocycles. The predicted octanol–water partition coefficient (Wildman–Crippen LogP) is 3.71. The fourth-order valence-electron chi connectivity index (χ4n) is 3.07. The molecule has 2 N–H and O–H groups in total. The second-order valence-electron chi connectivity index (χ2n) is 6.72. The Hall–Kier alpha value is -2.26. The maximum atomic E-state index is 13.6. The second-order valence-corrected chi connectivity index (χ2v) is 7.92. The van der Waals surface area contributed by atoms with Crippen molar-refractivity contribution in [2.24, 2.45) is 5.73 Å². The minimum atomic E-state index is -4.49. The summed E-state index contributed by atoms with van der Waals surface area (Å²) in [5.41, 5.74) is 5.74. The maximum absolute atomic E-state index is 13.6. The van der Waals surface area contributed by atoms with Crippen LogP contribution in [0.25, 0.3) is 10.6 Å². The molecule has 1 aliphatic carbocycles. The molecule has 0 radical (unpaired) electrons. The lowest BCUT2D eigenvalue weighted by atomic mass is 9.84. The first-order chi connectivity index (χ1) is 12.5. The number of alkyl halides is 3. The Morgan fingerprint density at radius 1 is 1.22 bits per heavy atom. The normalized spacial score (nSPS) is 20.3. The molecular formula is C18H20F3N5S. The van der Waals surface area contributed by atoms with Gasteiger partial charge in [0.2, 0.25) is 0 Å². The van der Waals surface area contributed by atoms with Gasteiger partial charge >= 0.3 is 6.18 Å². The van der Waals surface area contributed by atoms with Crippen LogP contribution in [-0.2, 0) is 5.54 Å². The van der Waals surface area contributed by atoms with E-state index in [1.54, 1.807) is 26.2 Å². The van der Waals surface area contributed by atoms with E-state index in [0.717, 1.165) is 15.6 Å². The zero-order chi connectivity index (χ0) is 20.0. The molecule has 0 saturated heterocycles. The SMILES string of the molecule is Cc1nc(C)c(-c2ccnc(C3(N)C=CC(N(C)C)=C(C(F)(F)F)C3)n2)s1. The number of aromatic nitrogens is 3. The maximum Gasteiger partial charge on any atom is 0.414 e. The highest BCUT2D eigenvalue weighted by Crippen LogP contribution is 2.41. The van der Waals surface area contributed by atoms with E-state index in [-0.39, 0.29) is 11.5 Å². The lowest BCUT2D eigenvalue weighted by Crippen LogP contribution is -2.41. The van der Waals surface area contributed by atoms with Crippen molar-refractivity contribution in [3.63, 3.8) is 0 Å². The minimum Gasteiger partial charge on any atom is -0.377 e. The van der Waals surface area contributed by atoms with Gasteiger partial charge in [0, 0.05) is 32.4 Å². The van der Waals surface area contributed by atoms with Crippen molar-refractivity contribution in [3.05, 3.63) is 52.2 Å². The summed E-state index contributed by atoms with van der Waals surface area (Å²) >= 11 is 1.47. The van der Waals surface area contributed by atoms with Crippen LogP contribution >= 0.6 is 11.3 Å². The van der Waals surface area contributed by atoms with Crippen LogP contribution in [0.3, 0.4) is 0 Å². The van der Waals surface area contributed by atoms with Crippen molar-refractivity contribution < 1.29 is 13.2 Å². The molecule has 0 fully saturated rings. The molecule has 144 valence electrons. The molecule has 0 aliphatic heterocycles. The first-order valence-electron chi connectivity index (χ1n) is 8.25. The van der Waals surface area contributed by atoms with Crippen LogP contribution in [0.4, 0.5) is 13.2 Å². The third kappa shape index (κ3) is 3.74. The fraction of sp³-hybridized carbons (Fsp3) is 0.389. The number of rotatable bonds is 3. The van der Waals surface area contributed by atoms with Gasteiger partial charge in [0.15, 0.2) is 5.82 Å². The summed E-state index contributed by atoms with van der Waals surface area (Å²) in [5, 5.41) is 0.889. The van der Waals surface area contributed by atoms with Crippen molar-refractivity contribution in [2.45, 2.75) is 32.0 Å². The van der Waals surface area contributed by atoms with E-state index in [0.29, 0.717) is 5.69 Å². The van der Waals surface area contributed by atoms with Gasteiger partial charge < -0.3 is 10.6 Å². The number of halogens is 3. The lowest BCUT2D eigenvalue weighted by molar-refractivity contribution is -0.0975. The first kappa shape index (κ1) is 19.5. The van der Waals surface area contributed by atoms with Gasteiger partial charge in [0.25, 0.3) is 0 Å². The van der Waals surface area contributed by atoms with Crippen LogP contribution < -0.4 is 5.73 Å². The second kappa shape index (κ2) is 6.72. The molecule has 1 unspecified atom stereocenters. The van der Waals surface area contributed by atoms with Gasteiger partial charge in [-0.25, -0.2) is 15.0 Å². The average Bonchev–Trinajstić information content (AvgIpc) is 2.92. The summed E-state index contributed by atoms with van der Waals surface area (Å²) in [6, 6.07) is 1.71. The number of likely N-dealkylation sites (N-methyl/N-ethyl adjacent to an activating group) is 1. The number of allylic oxidation sites excluding steroid dienone is 1. The Morgan fingerprint density at radius 2 is 1.93 bits per heavy atom. The average molecular weight is 395 g/mol. The standard InChI is InChI=1S/C18H20F3N5S/c1-10-15(27-11(2)24-10)13-6-8-23-16(25-13)17(22)7-5-14(26(3)4)12(9-17)18(19,20)21/h5-8H,9,22H2,1-4H3. The summed E-state index contributed by atoms with van der Waals surface area (Å²) in [6.45, 7) is 3.76. The van der Waals surface area contributed by atoms with Crippen LogP contribution in [0, 0.1) is 13.8 Å². The van der Waals surface area contributed by atoms with Gasteiger partial charge in [-0.05, 0) is 26.0 Å². The van der Waals surface area contributed by atoms with E-state index in [9.17, 15) is 13.2 Å². The summed E-state index contributed by atoms with van der Waals surface area (Å²) < 4.78 is 40.8. The summed E-state index contributed by atoms with van der Waals surface area (Å²) in [5.74, 6) is 0.154. The Labute approximate surface area is 159 Å². The zero-order valence-electron chi connectivity index (χ0n) is 15.4. The van der Waals surface area contributed by atoms with Crippen LogP contribution in [0.1, 0.15) is 22.9 Å². The topological polar surface area (TPSA) is 67.9 Å². The highest BCUT2D eigenvalue weighted by atomic mass is 32.1. The monoisotopic (exact) mass is 395 g/mol. The van der Waals surface area contributed by atoms with E-state index in [1.165, 1.54) is 28.5 Å². The van der Waals surface area contributed by atoms with Gasteiger partial charge in [0.1, 0.15) is 0 Å². The zero-order valence-corrected chi connectivity index (χ0v) is 16.2. The predicted molar refractivity (Wildman–Crippen MR) is 99.0 cm³/mol. The molecular weight excluding hydrogens is 375 g/mol. The Morgan fingerprint density at radius 3 is 2.48 bits per heavy atom. The highest BCUT2D eigenvalue weighted by molar-refractivity contribution is 7.15. The van der Waals surface area contributed by atoms with E-state index < -0.39 is 23.7 Å². The van der Waals surface area contributed by atoms with Crippen LogP contribution in [-0.4, -0.2) is 40.1 Å². The lowest BCUT2D eigenvalue weighted by Gasteiger charge is -2.33. The third-order valence-corrected chi connectivity index (χ3v) is 5.44. The molecule has 2 aromatic heterocycles. The minimum absolute atomic E-state index is 0.0913. The van der Waals surface area contributed by atoms with Gasteiger partial charge in [-0.2, -0.15) is 13.2 Å². The molecule has 0 aromatic carbocycles. The van der Waals surface area contributed by atoms with E-state index in [1.807, 2.05) is 13.8 Å². The van der Waals surface area contributed by atoms with Gasteiger partial charge in [-0.15, -0.1) is 11.3 Å². The van der Waals surface area contributed by atoms with E-state index in [2.05, 4.69) is 15.0 Å². The van der Waals surface area contributed by atoms with Crippen molar-refractivity contribution in [1.29, 1.82) is 0 Å². The van der Waals surface area contributed by atoms with Crippen LogP contribution in [0.15, 0.2) is 35.7 Å². The van der Waals surface area contributed by atoms with Gasteiger partial charge in [0.05, 0.1) is 32.4 Å². The fourth-order valence-corrected chi connectivity index (χ4v) is 3.96. The van der Waals surface area contributed by atoms with Crippen LogP contribution in [0.2, 0.25) is 0 Å². The molecule has 27 heavy (non-hydrogen) atoms. The number of nitrogens with zero attached hydrogens (tertiary/aromatic N) is 4. The number of hydrogen-bond donors (Lipinski definition) is 1. The van der Waals surface area contributed by atoms with E-state index >= 15 is 0 Å². The first-order valence-corrected chi connectivity index (χ1v) is 9.06. The summed E-state index contributed by atoms with van der Waals surface area (Å²) in [6.07, 6.45) is -0.457. The number of nitrogens with two attached hydrogens (primary N) is 1. The quantitative estimate of drug-likeness (QED) is 0.858. The van der Waals surface area contributed by atoms with Gasteiger partial charge in [-0.3, -0.25) is 0 Å². The third-order valence-electron chi connectivity index (χ3n) is 4.35. The molecule has 9 heteroatoms. The smallest absolute Gasteiger partial charge is 0.377 e. The number of hydrogen-bond acceptors (Lipinski definition) is 6. The molecule has 1 aliphatic rings. The Kier molecular flexibility index (Phi) is 4.85. The van der Waals surface area contributed by atoms with Crippen molar-refractivity contribution >= 4 is 11.3 Å². The van der Waals surface area contributed by atoms with Crippen molar-refractivity contribution in [1.82, 2.24) is 19.9 Å². The Bertz CT molecular complexity index is 929. The number of thiazole rings is 1. The van der Waals surface area contributed by atoms with E-state index in [4.69, 9.17) is 5.73 Å². The molecule has 3 rings (SSSR count). The molecule has 1 atom stereocenters. The largest absolute Gasteiger partial charge is 0.414 e. The Balaban J connectivity index is 2.04. The van der Waals surface area contributed by atoms with Crippen LogP contribution in [0.5, 0.6) is 0 Å².